The summed E-state index contributed by atoms with van der Waals surface area (Å²) in [5.41, 5.74) is 6.64. The predicted octanol–water partition coefficient (Wildman–Crippen LogP) is 1.29. The summed E-state index contributed by atoms with van der Waals surface area (Å²) in [5.74, 6) is 1.08. The Morgan fingerprint density at radius 1 is 1.69 bits per heavy atom. The summed E-state index contributed by atoms with van der Waals surface area (Å²) >= 11 is 1.92. The molecule has 16 heavy (non-hydrogen) atoms. The second-order valence-corrected chi connectivity index (χ2v) is 5.22. The Morgan fingerprint density at radius 2 is 2.56 bits per heavy atom. The van der Waals surface area contributed by atoms with E-state index < -0.39 is 0 Å². The zero-order valence-corrected chi connectivity index (χ0v) is 9.80. The minimum absolute atomic E-state index is 0.127. The summed E-state index contributed by atoms with van der Waals surface area (Å²) in [6.07, 6.45) is 5.53. The van der Waals surface area contributed by atoms with Gasteiger partial charge in [-0.15, -0.1) is 0 Å². The topological polar surface area (TPSA) is 68.0 Å². The lowest BCUT2D eigenvalue weighted by Gasteiger charge is -2.10. The first-order valence-corrected chi connectivity index (χ1v) is 6.41. The second-order valence-electron chi connectivity index (χ2n) is 3.81. The number of nitrogens with zero attached hydrogens (tertiary/aromatic N) is 1. The number of nitrogens with one attached hydrogen (secondary N) is 1. The third kappa shape index (κ3) is 2.66. The Balaban J connectivity index is 1.90. The van der Waals surface area contributed by atoms with Gasteiger partial charge in [-0.05, 0) is 24.7 Å². The van der Waals surface area contributed by atoms with E-state index in [9.17, 15) is 4.79 Å². The molecule has 0 aromatic carbocycles. The van der Waals surface area contributed by atoms with Gasteiger partial charge in [0.1, 0.15) is 0 Å². The van der Waals surface area contributed by atoms with Gasteiger partial charge in [-0.2, -0.15) is 11.8 Å². The Hall–Kier alpha value is -1.23. The molecule has 5 heteroatoms. The molecule has 3 N–H and O–H groups in total. The number of hydrogen-bond acceptors (Lipinski definition) is 4. The van der Waals surface area contributed by atoms with E-state index in [0.717, 1.165) is 6.54 Å². The highest BCUT2D eigenvalue weighted by Crippen LogP contribution is 2.25. The van der Waals surface area contributed by atoms with Crippen molar-refractivity contribution in [1.29, 1.82) is 0 Å². The van der Waals surface area contributed by atoms with Crippen LogP contribution in [-0.2, 0) is 0 Å². The maximum Gasteiger partial charge on any atom is 0.254 e. The molecule has 0 spiro atoms. The minimum atomic E-state index is -0.127. The number of hydrogen-bond donors (Lipinski definition) is 2. The van der Waals surface area contributed by atoms with Crippen molar-refractivity contribution in [3.05, 3.63) is 24.0 Å². The molecule has 0 aliphatic carbocycles. The van der Waals surface area contributed by atoms with Gasteiger partial charge in [-0.25, -0.2) is 0 Å². The van der Waals surface area contributed by atoms with Crippen molar-refractivity contribution in [2.24, 2.45) is 0 Å². The monoisotopic (exact) mass is 237 g/mol. The number of nitrogen functional groups attached to an aromatic ring is 1. The molecule has 1 aromatic rings. The van der Waals surface area contributed by atoms with E-state index in [4.69, 9.17) is 5.73 Å². The fourth-order valence-electron chi connectivity index (χ4n) is 1.70. The highest BCUT2D eigenvalue weighted by Gasteiger charge is 2.17. The summed E-state index contributed by atoms with van der Waals surface area (Å²) < 4.78 is 0. The number of aromatic nitrogens is 1. The van der Waals surface area contributed by atoms with E-state index in [1.165, 1.54) is 24.8 Å². The summed E-state index contributed by atoms with van der Waals surface area (Å²) in [7, 11) is 0. The number of thioether (sulfide) groups is 1. The fourth-order valence-corrected chi connectivity index (χ4v) is 2.90. The first-order valence-electron chi connectivity index (χ1n) is 5.36. The molecule has 1 aliphatic rings. The van der Waals surface area contributed by atoms with Crippen LogP contribution in [-0.4, -0.2) is 28.4 Å². The van der Waals surface area contributed by atoms with Crippen LogP contribution in [0.1, 0.15) is 23.2 Å². The summed E-state index contributed by atoms with van der Waals surface area (Å²) in [6.45, 7) is 0.720. The van der Waals surface area contributed by atoms with E-state index in [-0.39, 0.29) is 5.91 Å². The molecule has 4 nitrogen and oxygen atoms in total. The van der Waals surface area contributed by atoms with Crippen LogP contribution in [0.2, 0.25) is 0 Å². The van der Waals surface area contributed by atoms with E-state index in [1.807, 2.05) is 11.8 Å². The fraction of sp³-hybridized carbons (Fsp3) is 0.455. The van der Waals surface area contributed by atoms with E-state index in [1.54, 1.807) is 12.3 Å². The summed E-state index contributed by atoms with van der Waals surface area (Å²) in [4.78, 5) is 15.7. The van der Waals surface area contributed by atoms with Crippen LogP contribution in [0.5, 0.6) is 0 Å². The van der Waals surface area contributed by atoms with Gasteiger partial charge in [0.15, 0.2) is 0 Å². The number of nitrogens with two attached hydrogens (primary N) is 1. The molecule has 1 aliphatic heterocycles. The first kappa shape index (κ1) is 11.3. The van der Waals surface area contributed by atoms with Gasteiger partial charge >= 0.3 is 0 Å². The molecule has 1 atom stereocenters. The van der Waals surface area contributed by atoms with Crippen LogP contribution in [0.15, 0.2) is 18.5 Å². The molecule has 86 valence electrons. The molecule has 1 amide bonds. The Bertz CT molecular complexity index is 377. The minimum Gasteiger partial charge on any atom is -0.398 e. The zero-order chi connectivity index (χ0) is 11.4. The van der Waals surface area contributed by atoms with Crippen LogP contribution in [0.25, 0.3) is 0 Å². The van der Waals surface area contributed by atoms with Gasteiger partial charge in [-0.3, -0.25) is 9.78 Å². The van der Waals surface area contributed by atoms with Crippen LogP contribution in [0.4, 0.5) is 5.69 Å². The van der Waals surface area contributed by atoms with Crippen molar-refractivity contribution < 1.29 is 4.79 Å². The van der Waals surface area contributed by atoms with Crippen molar-refractivity contribution in [2.45, 2.75) is 18.1 Å². The van der Waals surface area contributed by atoms with E-state index in [2.05, 4.69) is 10.3 Å². The quantitative estimate of drug-likeness (QED) is 0.831. The molecule has 1 saturated heterocycles. The smallest absolute Gasteiger partial charge is 0.254 e. The van der Waals surface area contributed by atoms with Gasteiger partial charge in [0.05, 0.1) is 5.56 Å². The second kappa shape index (κ2) is 5.21. The van der Waals surface area contributed by atoms with Crippen LogP contribution in [0.3, 0.4) is 0 Å². The summed E-state index contributed by atoms with van der Waals surface area (Å²) in [5, 5.41) is 3.46. The van der Waals surface area contributed by atoms with E-state index >= 15 is 0 Å². The van der Waals surface area contributed by atoms with Crippen molar-refractivity contribution in [1.82, 2.24) is 10.3 Å². The highest BCUT2D eigenvalue weighted by atomic mass is 32.2. The summed E-state index contributed by atoms with van der Waals surface area (Å²) in [6, 6.07) is 1.64. The molecule has 1 aromatic heterocycles. The van der Waals surface area contributed by atoms with Crippen LogP contribution in [0, 0.1) is 0 Å². The Morgan fingerprint density at radius 3 is 3.25 bits per heavy atom. The maximum atomic E-state index is 11.8. The molecular weight excluding hydrogens is 222 g/mol. The normalized spacial score (nSPS) is 19.6. The molecule has 0 saturated carbocycles. The molecule has 0 radical (unpaired) electrons. The van der Waals surface area contributed by atoms with Gasteiger partial charge in [-0.1, -0.05) is 0 Å². The highest BCUT2D eigenvalue weighted by molar-refractivity contribution is 8.00. The SMILES string of the molecule is Nc1ccncc1C(=O)NCC1CCCS1. The predicted molar refractivity (Wildman–Crippen MR) is 66.5 cm³/mol. The van der Waals surface area contributed by atoms with Crippen LogP contribution >= 0.6 is 11.8 Å². The maximum absolute atomic E-state index is 11.8. The zero-order valence-electron chi connectivity index (χ0n) is 8.98. The van der Waals surface area contributed by atoms with Crippen molar-refractivity contribution >= 4 is 23.4 Å². The van der Waals surface area contributed by atoms with Gasteiger partial charge < -0.3 is 11.1 Å². The van der Waals surface area contributed by atoms with Crippen LogP contribution < -0.4 is 11.1 Å². The third-order valence-corrected chi connectivity index (χ3v) is 4.01. The molecule has 1 fully saturated rings. The van der Waals surface area contributed by atoms with Gasteiger partial charge in [0.2, 0.25) is 0 Å². The van der Waals surface area contributed by atoms with Gasteiger partial charge in [0.25, 0.3) is 5.91 Å². The molecular formula is C11H15N3OS. The van der Waals surface area contributed by atoms with Crippen molar-refractivity contribution in [3.8, 4) is 0 Å². The first-order chi connectivity index (χ1) is 7.77. The number of pyridine rings is 1. The largest absolute Gasteiger partial charge is 0.398 e. The Labute approximate surface area is 99.0 Å². The number of anilines is 1. The third-order valence-electron chi connectivity index (χ3n) is 2.61. The lowest BCUT2D eigenvalue weighted by Crippen LogP contribution is -2.30. The standard InChI is InChI=1S/C11H15N3OS/c12-10-3-4-13-7-9(10)11(15)14-6-8-2-1-5-16-8/h3-4,7-8H,1-2,5-6H2,(H2,12,13)(H,14,15). The number of carbonyl (C=O) groups excluding carboxylic acids is 1. The number of rotatable bonds is 3. The number of carbonyl (C=O) groups is 1. The van der Waals surface area contributed by atoms with Crippen molar-refractivity contribution in [2.75, 3.05) is 18.0 Å². The molecule has 0 bridgehead atoms. The average molecular weight is 237 g/mol. The number of amides is 1. The lowest BCUT2D eigenvalue weighted by atomic mass is 10.2. The molecule has 2 heterocycles. The molecule has 2 rings (SSSR count). The lowest BCUT2D eigenvalue weighted by molar-refractivity contribution is 0.0954. The molecule has 1 unspecified atom stereocenters. The van der Waals surface area contributed by atoms with E-state index in [0.29, 0.717) is 16.5 Å². The van der Waals surface area contributed by atoms with Crippen molar-refractivity contribution in [3.63, 3.8) is 0 Å². The Kier molecular flexibility index (Phi) is 3.66. The van der Waals surface area contributed by atoms with Gasteiger partial charge in [0, 0.05) is 29.9 Å². The average Bonchev–Trinajstić information content (AvgIpc) is 2.79.